The molecule has 1 aliphatic heterocycles. The Kier molecular flexibility index (Phi) is 6.88. The van der Waals surface area contributed by atoms with Gasteiger partial charge in [0.25, 0.3) is 5.91 Å². The molecule has 176 valence electrons. The number of amides is 1. The van der Waals surface area contributed by atoms with Crippen molar-refractivity contribution in [3.63, 3.8) is 0 Å². The van der Waals surface area contributed by atoms with Crippen LogP contribution < -0.4 is 21.3 Å². The summed E-state index contributed by atoms with van der Waals surface area (Å²) >= 11 is 0. The second-order valence-corrected chi connectivity index (χ2v) is 9.29. The lowest BCUT2D eigenvalue weighted by atomic mass is 9.96. The van der Waals surface area contributed by atoms with E-state index in [1.807, 2.05) is 6.07 Å². The maximum Gasteiger partial charge on any atom is 0.255 e. The lowest BCUT2D eigenvalue weighted by Crippen LogP contribution is -2.24. The number of rotatable bonds is 7. The standard InChI is InChI=1S/C26H31N7O/c1-5-10-28-24(34)20-16-30-23(31-19-7-6-17-8-11-27-15-18(17)13-19)14-21(20)32-22-9-12-29-25(33-22)26(2,3)4/h5-7,9,12-14,16,27H,1,8,10-11,15H2,2-4H3,(H,28,34)(H2,29,30,31,32,33). The van der Waals surface area contributed by atoms with Crippen molar-refractivity contribution in [2.75, 3.05) is 23.7 Å². The molecule has 3 heterocycles. The van der Waals surface area contributed by atoms with Crippen LogP contribution in [0.4, 0.5) is 23.0 Å². The van der Waals surface area contributed by atoms with Gasteiger partial charge in [-0.2, -0.15) is 0 Å². The van der Waals surface area contributed by atoms with Crippen LogP contribution in [0.25, 0.3) is 0 Å². The number of carbonyl (C=O) groups is 1. The largest absolute Gasteiger partial charge is 0.348 e. The van der Waals surface area contributed by atoms with Gasteiger partial charge in [-0.05, 0) is 42.3 Å². The highest BCUT2D eigenvalue weighted by atomic mass is 16.1. The zero-order valence-electron chi connectivity index (χ0n) is 19.9. The summed E-state index contributed by atoms with van der Waals surface area (Å²) in [5.41, 5.74) is 4.41. The third kappa shape index (κ3) is 5.58. The Labute approximate surface area is 200 Å². The molecule has 8 heteroatoms. The number of anilines is 4. The van der Waals surface area contributed by atoms with E-state index in [0.717, 1.165) is 25.2 Å². The molecule has 2 aromatic heterocycles. The van der Waals surface area contributed by atoms with E-state index in [2.05, 4.69) is 81.8 Å². The molecule has 4 N–H and O–H groups in total. The van der Waals surface area contributed by atoms with Crippen LogP contribution in [0.15, 0.2) is 55.4 Å². The van der Waals surface area contributed by atoms with E-state index in [1.165, 1.54) is 11.1 Å². The Morgan fingerprint density at radius 2 is 1.97 bits per heavy atom. The molecule has 8 nitrogen and oxygen atoms in total. The molecule has 0 unspecified atom stereocenters. The summed E-state index contributed by atoms with van der Waals surface area (Å²) in [6.45, 7) is 12.1. The molecular formula is C26H31N7O. The zero-order valence-corrected chi connectivity index (χ0v) is 19.9. The molecule has 0 radical (unpaired) electrons. The number of hydrogen-bond donors (Lipinski definition) is 4. The molecule has 0 fully saturated rings. The van der Waals surface area contributed by atoms with Gasteiger partial charge < -0.3 is 21.3 Å². The van der Waals surface area contributed by atoms with Crippen molar-refractivity contribution in [2.45, 2.75) is 39.2 Å². The third-order valence-electron chi connectivity index (χ3n) is 5.51. The first kappa shape index (κ1) is 23.4. The van der Waals surface area contributed by atoms with Crippen LogP contribution in [0, 0.1) is 0 Å². The molecule has 34 heavy (non-hydrogen) atoms. The fourth-order valence-electron chi connectivity index (χ4n) is 3.70. The first-order valence-corrected chi connectivity index (χ1v) is 11.4. The SMILES string of the molecule is C=CCNC(=O)c1cnc(Nc2ccc3c(c2)CNCC3)cc1Nc1ccnc(C(C)(C)C)n1. The molecule has 0 saturated carbocycles. The van der Waals surface area contributed by atoms with Crippen molar-refractivity contribution in [1.29, 1.82) is 0 Å². The summed E-state index contributed by atoms with van der Waals surface area (Å²) in [5, 5.41) is 12.9. The number of carbonyl (C=O) groups excluding carboxylic acids is 1. The smallest absolute Gasteiger partial charge is 0.255 e. The van der Waals surface area contributed by atoms with E-state index in [1.54, 1.807) is 24.5 Å². The first-order chi connectivity index (χ1) is 16.3. The first-order valence-electron chi connectivity index (χ1n) is 11.4. The van der Waals surface area contributed by atoms with Crippen LogP contribution in [0.2, 0.25) is 0 Å². The number of nitrogens with one attached hydrogen (secondary N) is 4. The Bertz CT molecular complexity index is 1200. The Morgan fingerprint density at radius 3 is 2.76 bits per heavy atom. The van der Waals surface area contributed by atoms with E-state index in [9.17, 15) is 4.79 Å². The Morgan fingerprint density at radius 1 is 1.12 bits per heavy atom. The second-order valence-electron chi connectivity index (χ2n) is 9.29. The van der Waals surface area contributed by atoms with E-state index >= 15 is 0 Å². The summed E-state index contributed by atoms with van der Waals surface area (Å²) < 4.78 is 0. The van der Waals surface area contributed by atoms with Crippen LogP contribution in [0.1, 0.15) is 48.1 Å². The van der Waals surface area contributed by atoms with Crippen molar-refractivity contribution in [1.82, 2.24) is 25.6 Å². The molecular weight excluding hydrogens is 426 g/mol. The van der Waals surface area contributed by atoms with E-state index in [4.69, 9.17) is 0 Å². The topological polar surface area (TPSA) is 104 Å². The fourth-order valence-corrected chi connectivity index (χ4v) is 3.70. The van der Waals surface area contributed by atoms with Crippen LogP contribution in [0.5, 0.6) is 0 Å². The number of nitrogens with zero attached hydrogens (tertiary/aromatic N) is 3. The maximum absolute atomic E-state index is 12.8. The number of pyridine rings is 1. The maximum atomic E-state index is 12.8. The van der Waals surface area contributed by atoms with Gasteiger partial charge in [-0.15, -0.1) is 6.58 Å². The van der Waals surface area contributed by atoms with Crippen molar-refractivity contribution in [3.05, 3.63) is 77.9 Å². The molecule has 1 amide bonds. The summed E-state index contributed by atoms with van der Waals surface area (Å²) in [7, 11) is 0. The minimum atomic E-state index is -0.244. The lowest BCUT2D eigenvalue weighted by molar-refractivity contribution is 0.0958. The van der Waals surface area contributed by atoms with Gasteiger partial charge in [0.05, 0.1) is 11.3 Å². The summed E-state index contributed by atoms with van der Waals surface area (Å²) in [4.78, 5) is 26.3. The highest BCUT2D eigenvalue weighted by Gasteiger charge is 2.19. The monoisotopic (exact) mass is 457 g/mol. The van der Waals surface area contributed by atoms with Crippen molar-refractivity contribution in [2.24, 2.45) is 0 Å². The van der Waals surface area contributed by atoms with Crippen molar-refractivity contribution >= 4 is 28.9 Å². The van der Waals surface area contributed by atoms with Crippen LogP contribution >= 0.6 is 0 Å². The average Bonchev–Trinajstić information content (AvgIpc) is 2.82. The number of fused-ring (bicyclic) bond motifs is 1. The van der Waals surface area contributed by atoms with Gasteiger partial charge >= 0.3 is 0 Å². The molecule has 0 bridgehead atoms. The zero-order chi connectivity index (χ0) is 24.1. The van der Waals surface area contributed by atoms with E-state index in [-0.39, 0.29) is 11.3 Å². The Hall–Kier alpha value is -3.78. The van der Waals surface area contributed by atoms with Gasteiger partial charge in [-0.1, -0.05) is 32.9 Å². The van der Waals surface area contributed by atoms with Crippen LogP contribution in [-0.2, 0) is 18.4 Å². The van der Waals surface area contributed by atoms with Gasteiger partial charge in [0.1, 0.15) is 17.5 Å². The molecule has 4 rings (SSSR count). The van der Waals surface area contributed by atoms with Gasteiger partial charge in [-0.3, -0.25) is 4.79 Å². The summed E-state index contributed by atoms with van der Waals surface area (Å²) in [6, 6.07) is 9.96. The summed E-state index contributed by atoms with van der Waals surface area (Å²) in [5.74, 6) is 1.70. The van der Waals surface area contributed by atoms with Gasteiger partial charge in [0, 0.05) is 42.7 Å². The number of hydrogen-bond acceptors (Lipinski definition) is 7. The predicted molar refractivity (Wildman–Crippen MR) is 136 cm³/mol. The summed E-state index contributed by atoms with van der Waals surface area (Å²) in [6.07, 6.45) is 5.95. The minimum absolute atomic E-state index is 0.200. The van der Waals surface area contributed by atoms with E-state index in [0.29, 0.717) is 35.3 Å². The number of aromatic nitrogens is 3. The molecule has 3 aromatic rings. The van der Waals surface area contributed by atoms with E-state index < -0.39 is 0 Å². The third-order valence-corrected chi connectivity index (χ3v) is 5.51. The fraction of sp³-hybridized carbons (Fsp3) is 0.308. The van der Waals surface area contributed by atoms with Crippen molar-refractivity contribution < 1.29 is 4.79 Å². The molecule has 0 atom stereocenters. The normalized spacial score (nSPS) is 13.0. The second kappa shape index (κ2) is 10.0. The van der Waals surface area contributed by atoms with Crippen LogP contribution in [0.3, 0.4) is 0 Å². The molecule has 0 aliphatic carbocycles. The van der Waals surface area contributed by atoms with Crippen LogP contribution in [-0.4, -0.2) is 33.9 Å². The van der Waals surface area contributed by atoms with Gasteiger partial charge in [0.15, 0.2) is 0 Å². The number of benzene rings is 1. The van der Waals surface area contributed by atoms with Crippen molar-refractivity contribution in [3.8, 4) is 0 Å². The molecule has 0 saturated heterocycles. The Balaban J connectivity index is 1.64. The lowest BCUT2D eigenvalue weighted by Gasteiger charge is -2.19. The molecule has 0 spiro atoms. The van der Waals surface area contributed by atoms with Gasteiger partial charge in [-0.25, -0.2) is 15.0 Å². The predicted octanol–water partition coefficient (Wildman–Crippen LogP) is 4.22. The van der Waals surface area contributed by atoms with Gasteiger partial charge in [0.2, 0.25) is 0 Å². The highest BCUT2D eigenvalue weighted by molar-refractivity contribution is 6.00. The molecule has 1 aliphatic rings. The quantitative estimate of drug-likeness (QED) is 0.394. The molecule has 1 aromatic carbocycles. The highest BCUT2D eigenvalue weighted by Crippen LogP contribution is 2.27. The minimum Gasteiger partial charge on any atom is -0.348 e. The average molecular weight is 458 g/mol.